The Bertz CT molecular complexity index is 1450. The van der Waals surface area contributed by atoms with E-state index in [1.54, 1.807) is 7.11 Å². The molecule has 200 valence electrons. The molecule has 6 nitrogen and oxygen atoms in total. The van der Waals surface area contributed by atoms with Crippen LogP contribution in [-0.2, 0) is 5.41 Å². The lowest BCUT2D eigenvalue weighted by Crippen LogP contribution is -2.26. The number of ether oxygens (including phenoxy) is 1. The average molecular weight is 539 g/mol. The molecule has 39 heavy (non-hydrogen) atoms. The molecule has 0 bridgehead atoms. The molecule has 0 radical (unpaired) electrons. The molecule has 1 unspecified atom stereocenters. The molecule has 0 spiro atoms. The summed E-state index contributed by atoms with van der Waals surface area (Å²) in [5.74, 6) is 1.39. The first-order valence-electron chi connectivity index (χ1n) is 13.0. The topological polar surface area (TPSA) is 57.5 Å². The molecule has 2 aliphatic heterocycles. The molecule has 1 atom stereocenters. The average Bonchev–Trinajstić information content (AvgIpc) is 3.52. The van der Waals surface area contributed by atoms with Crippen molar-refractivity contribution in [2.75, 3.05) is 26.1 Å². The van der Waals surface area contributed by atoms with Gasteiger partial charge in [0.1, 0.15) is 5.75 Å². The molecule has 0 aromatic heterocycles. The van der Waals surface area contributed by atoms with Gasteiger partial charge in [-0.3, -0.25) is 4.79 Å². The van der Waals surface area contributed by atoms with Gasteiger partial charge in [0.2, 0.25) is 0 Å². The largest absolute Gasteiger partial charge is 0.497 e. The summed E-state index contributed by atoms with van der Waals surface area (Å²) in [5, 5.41) is 6.75. The lowest BCUT2D eigenvalue weighted by molar-refractivity contribution is 0.267. The van der Waals surface area contributed by atoms with Gasteiger partial charge in [-0.05, 0) is 81.9 Å². The predicted molar refractivity (Wildman–Crippen MR) is 163 cm³/mol. The van der Waals surface area contributed by atoms with E-state index in [0.29, 0.717) is 12.3 Å². The number of aliphatic imine (C=N–C) groups is 1. The summed E-state index contributed by atoms with van der Waals surface area (Å²) >= 11 is 1.16. The van der Waals surface area contributed by atoms with Gasteiger partial charge in [-0.25, -0.2) is 5.01 Å². The minimum Gasteiger partial charge on any atom is -0.497 e. The Balaban J connectivity index is 1.52. The van der Waals surface area contributed by atoms with Crippen LogP contribution in [0.15, 0.2) is 87.8 Å². The third kappa shape index (κ3) is 5.78. The molecule has 0 aliphatic carbocycles. The van der Waals surface area contributed by atoms with Gasteiger partial charge in [0, 0.05) is 26.2 Å². The summed E-state index contributed by atoms with van der Waals surface area (Å²) < 4.78 is 5.34. The van der Waals surface area contributed by atoms with Crippen LogP contribution in [0.25, 0.3) is 6.08 Å². The lowest BCUT2D eigenvalue weighted by atomic mass is 9.87. The highest BCUT2D eigenvalue weighted by molar-refractivity contribution is 8.18. The Hall–Kier alpha value is -3.84. The van der Waals surface area contributed by atoms with Gasteiger partial charge in [-0.1, -0.05) is 57.2 Å². The van der Waals surface area contributed by atoms with Crippen molar-refractivity contribution in [1.29, 1.82) is 0 Å². The van der Waals surface area contributed by atoms with Crippen molar-refractivity contribution in [1.82, 2.24) is 5.01 Å². The van der Waals surface area contributed by atoms with Crippen LogP contribution in [0.3, 0.4) is 0 Å². The first-order chi connectivity index (χ1) is 18.6. The van der Waals surface area contributed by atoms with Gasteiger partial charge >= 0.3 is 5.24 Å². The number of hydrogen-bond acceptors (Lipinski definition) is 6. The van der Waals surface area contributed by atoms with Crippen molar-refractivity contribution in [2.45, 2.75) is 38.6 Å². The normalized spacial score (nSPS) is 18.4. The first-order valence-corrected chi connectivity index (χ1v) is 13.9. The maximum Gasteiger partial charge on any atom is 0.311 e. The van der Waals surface area contributed by atoms with E-state index in [1.165, 1.54) is 5.56 Å². The van der Waals surface area contributed by atoms with Crippen LogP contribution in [-0.4, -0.2) is 43.0 Å². The number of methoxy groups -OCH3 is 1. The maximum atomic E-state index is 12.6. The number of amidine groups is 1. The Kier molecular flexibility index (Phi) is 7.36. The quantitative estimate of drug-likeness (QED) is 0.336. The summed E-state index contributed by atoms with van der Waals surface area (Å²) in [6.07, 6.45) is 2.73. The minimum atomic E-state index is -0.225. The van der Waals surface area contributed by atoms with E-state index in [0.717, 1.165) is 50.5 Å². The number of amides is 1. The van der Waals surface area contributed by atoms with Crippen LogP contribution in [0.5, 0.6) is 5.75 Å². The van der Waals surface area contributed by atoms with Crippen molar-refractivity contribution in [3.63, 3.8) is 0 Å². The highest BCUT2D eigenvalue weighted by atomic mass is 32.2. The molecule has 5 rings (SSSR count). The van der Waals surface area contributed by atoms with Gasteiger partial charge in [-0.15, -0.1) is 0 Å². The van der Waals surface area contributed by atoms with Crippen LogP contribution in [0.4, 0.5) is 10.5 Å². The Morgan fingerprint density at radius 3 is 2.23 bits per heavy atom. The number of hydrogen-bond donors (Lipinski definition) is 0. The number of rotatable bonds is 5. The zero-order chi connectivity index (χ0) is 27.7. The summed E-state index contributed by atoms with van der Waals surface area (Å²) in [4.78, 5) is 20.0. The number of hydrazone groups is 1. The fraction of sp³-hybridized carbons (Fsp3) is 0.281. The van der Waals surface area contributed by atoms with Crippen molar-refractivity contribution < 1.29 is 9.53 Å². The van der Waals surface area contributed by atoms with Crippen LogP contribution >= 0.6 is 11.8 Å². The standard InChI is InChI=1S/C32H34N4O2S/c1-32(2,3)24-13-7-21(8-14-24)19-29-30(33-31(37)39-29)36-28(23-9-15-25(16-10-23)35(4)5)20-27(34-36)22-11-17-26(38-6)18-12-22/h7-19,28H,20H2,1-6H3/b29-19-. The molecule has 0 fully saturated rings. The minimum absolute atomic E-state index is 0.0772. The number of carbonyl (C=O) groups is 1. The van der Waals surface area contributed by atoms with Crippen LogP contribution in [0.2, 0.25) is 0 Å². The third-order valence-electron chi connectivity index (χ3n) is 7.03. The van der Waals surface area contributed by atoms with E-state index in [-0.39, 0.29) is 16.7 Å². The van der Waals surface area contributed by atoms with Gasteiger partial charge in [0.25, 0.3) is 0 Å². The SMILES string of the molecule is COc1ccc(C2=NN(C3=NC(=O)S/C3=C\c3ccc(C(C)(C)C)cc3)C(c3ccc(N(C)C)cc3)C2)cc1. The monoisotopic (exact) mass is 538 g/mol. The number of thioether (sulfide) groups is 1. The fourth-order valence-electron chi connectivity index (χ4n) is 4.71. The summed E-state index contributed by atoms with van der Waals surface area (Å²) in [6, 6.07) is 24.9. The molecule has 3 aromatic rings. The van der Waals surface area contributed by atoms with E-state index in [1.807, 2.05) is 49.4 Å². The summed E-state index contributed by atoms with van der Waals surface area (Å²) in [5.41, 5.74) is 6.58. The molecular formula is C32H34N4O2S. The highest BCUT2D eigenvalue weighted by Crippen LogP contribution is 2.40. The Labute approximate surface area is 235 Å². The van der Waals surface area contributed by atoms with Crippen LogP contribution in [0, 0.1) is 0 Å². The van der Waals surface area contributed by atoms with Crippen molar-refractivity contribution in [3.8, 4) is 5.75 Å². The van der Waals surface area contributed by atoms with Crippen molar-refractivity contribution in [3.05, 3.63) is 100.0 Å². The molecule has 1 amide bonds. The smallest absolute Gasteiger partial charge is 0.311 e. The van der Waals surface area contributed by atoms with E-state index in [2.05, 4.69) is 79.2 Å². The summed E-state index contributed by atoms with van der Waals surface area (Å²) in [6.45, 7) is 6.61. The second-order valence-electron chi connectivity index (χ2n) is 11.0. The molecule has 0 N–H and O–H groups in total. The number of carbonyl (C=O) groups excluding carboxylic acids is 1. The second kappa shape index (κ2) is 10.7. The van der Waals surface area contributed by atoms with E-state index in [9.17, 15) is 4.79 Å². The van der Waals surface area contributed by atoms with Crippen LogP contribution < -0.4 is 9.64 Å². The van der Waals surface area contributed by atoms with Gasteiger partial charge in [0.05, 0.1) is 23.8 Å². The Morgan fingerprint density at radius 2 is 1.64 bits per heavy atom. The van der Waals surface area contributed by atoms with E-state index >= 15 is 0 Å². The second-order valence-corrected chi connectivity index (χ2v) is 12.0. The summed E-state index contributed by atoms with van der Waals surface area (Å²) in [7, 11) is 5.72. The number of benzene rings is 3. The van der Waals surface area contributed by atoms with E-state index < -0.39 is 0 Å². The maximum absolute atomic E-state index is 12.6. The van der Waals surface area contributed by atoms with E-state index in [4.69, 9.17) is 9.84 Å². The zero-order valence-corrected chi connectivity index (χ0v) is 24.1. The van der Waals surface area contributed by atoms with Gasteiger partial charge < -0.3 is 9.64 Å². The van der Waals surface area contributed by atoms with Gasteiger partial charge in [-0.2, -0.15) is 10.1 Å². The third-order valence-corrected chi connectivity index (χ3v) is 7.82. The zero-order valence-electron chi connectivity index (χ0n) is 23.3. The highest BCUT2D eigenvalue weighted by Gasteiger charge is 2.37. The van der Waals surface area contributed by atoms with Crippen molar-refractivity contribution in [2.24, 2.45) is 10.1 Å². The molecule has 0 saturated carbocycles. The molecule has 2 aliphatic rings. The molecule has 3 aromatic carbocycles. The molecule has 0 saturated heterocycles. The first kappa shape index (κ1) is 26.8. The molecule has 2 heterocycles. The number of anilines is 1. The van der Waals surface area contributed by atoms with Crippen molar-refractivity contribution >= 4 is 40.3 Å². The lowest BCUT2D eigenvalue weighted by Gasteiger charge is -2.24. The fourth-order valence-corrected chi connectivity index (χ4v) is 5.46. The van der Waals surface area contributed by atoms with Gasteiger partial charge in [0.15, 0.2) is 5.84 Å². The predicted octanol–water partition coefficient (Wildman–Crippen LogP) is 7.52. The number of nitrogens with zero attached hydrogens (tertiary/aromatic N) is 4. The molecular weight excluding hydrogens is 504 g/mol. The van der Waals surface area contributed by atoms with Crippen LogP contribution in [0.1, 0.15) is 55.5 Å². The molecule has 7 heteroatoms. The Morgan fingerprint density at radius 1 is 0.974 bits per heavy atom.